The molecule has 0 bridgehead atoms. The molecule has 2 aromatic rings. The van der Waals surface area contributed by atoms with E-state index in [9.17, 15) is 23.1 Å². The van der Waals surface area contributed by atoms with Crippen molar-refractivity contribution in [3.8, 4) is 23.0 Å². The number of Topliss-reactive ketones (excluding diaryl/α,β-unsaturated/α-hetero) is 1. The first-order valence-corrected chi connectivity index (χ1v) is 11.9. The second-order valence-electron chi connectivity index (χ2n) is 7.95. The highest BCUT2D eigenvalue weighted by Gasteiger charge is 2.60. The molecule has 0 fully saturated rings. The van der Waals surface area contributed by atoms with E-state index >= 15 is 0 Å². The molecule has 4 rings (SSSR count). The van der Waals surface area contributed by atoms with Gasteiger partial charge in [0.15, 0.2) is 5.75 Å². The van der Waals surface area contributed by atoms with Crippen LogP contribution in [0.1, 0.15) is 23.7 Å². The number of benzene rings is 2. The number of phenolic OH excluding ortho intramolecular Hbond substituents is 1. The molecule has 10 nitrogen and oxygen atoms in total. The number of rotatable bonds is 5. The molecule has 180 valence electrons. The van der Waals surface area contributed by atoms with Crippen LogP contribution in [-0.4, -0.2) is 44.9 Å². The predicted molar refractivity (Wildman–Crippen MR) is 122 cm³/mol. The van der Waals surface area contributed by atoms with Crippen molar-refractivity contribution in [2.24, 2.45) is 11.1 Å². The maximum atomic E-state index is 13.5. The normalized spacial score (nSPS) is 21.7. The number of allylic oxidation sites excluding steroid dienone is 1. The van der Waals surface area contributed by atoms with Crippen molar-refractivity contribution in [3.05, 3.63) is 46.6 Å². The Morgan fingerprint density at radius 3 is 2.44 bits per heavy atom. The van der Waals surface area contributed by atoms with Crippen molar-refractivity contribution in [1.29, 1.82) is 0 Å². The summed E-state index contributed by atoms with van der Waals surface area (Å²) >= 11 is 6.37. The van der Waals surface area contributed by atoms with Gasteiger partial charge < -0.3 is 24.6 Å². The first-order valence-electron chi connectivity index (χ1n) is 10.00. The highest BCUT2D eigenvalue weighted by atomic mass is 35.5. The summed E-state index contributed by atoms with van der Waals surface area (Å²) in [5, 5.41) is 18.2. The molecule has 1 aliphatic heterocycles. The number of carbonyl (C=O) groups excluding carboxylic acids is 2. The molecule has 2 atom stereocenters. The number of methoxy groups -OCH3 is 2. The third-order valence-corrected chi connectivity index (χ3v) is 7.17. The maximum Gasteiger partial charge on any atom is 0.238 e. The fourth-order valence-corrected chi connectivity index (χ4v) is 4.98. The van der Waals surface area contributed by atoms with Crippen molar-refractivity contribution < 1.29 is 37.3 Å². The number of ketones is 2. The summed E-state index contributed by atoms with van der Waals surface area (Å²) in [6, 6.07) is 4.99. The Morgan fingerprint density at radius 2 is 1.88 bits per heavy atom. The molecule has 1 spiro atoms. The van der Waals surface area contributed by atoms with Crippen molar-refractivity contribution in [2.75, 3.05) is 19.5 Å². The van der Waals surface area contributed by atoms with E-state index in [2.05, 4.69) is 5.32 Å². The molecule has 1 aliphatic carbocycles. The summed E-state index contributed by atoms with van der Waals surface area (Å²) < 4.78 is 39.4. The number of anilines is 1. The molecule has 0 radical (unpaired) electrons. The number of nitrogens with one attached hydrogen (secondary N) is 1. The summed E-state index contributed by atoms with van der Waals surface area (Å²) in [6.07, 6.45) is 1.41. The lowest BCUT2D eigenvalue weighted by Crippen LogP contribution is -2.55. The number of ether oxygens (including phenoxy) is 3. The Kier molecular flexibility index (Phi) is 5.75. The molecule has 4 N–H and O–H groups in total. The minimum atomic E-state index is -4.00. The number of nitrogens with two attached hydrogens (primary N) is 1. The monoisotopic (exact) mass is 508 g/mol. The Bertz CT molecular complexity index is 1370. The fourth-order valence-electron chi connectivity index (χ4n) is 4.18. The molecule has 1 heterocycles. The van der Waals surface area contributed by atoms with Crippen LogP contribution >= 0.6 is 11.6 Å². The average molecular weight is 509 g/mol. The molecule has 2 aliphatic rings. The number of aromatic hydroxyl groups is 1. The van der Waals surface area contributed by atoms with Gasteiger partial charge in [0.1, 0.15) is 27.8 Å². The molecule has 0 saturated carbocycles. The highest BCUT2D eigenvalue weighted by molar-refractivity contribution is 7.89. The van der Waals surface area contributed by atoms with Crippen LogP contribution in [0.15, 0.2) is 40.9 Å². The Morgan fingerprint density at radius 1 is 1.21 bits per heavy atom. The average Bonchev–Trinajstić information content (AvgIpc) is 3.08. The van der Waals surface area contributed by atoms with Gasteiger partial charge in [-0.15, -0.1) is 0 Å². The highest BCUT2D eigenvalue weighted by Crippen LogP contribution is 2.53. The molecular formula is C22H21ClN2O8S. The van der Waals surface area contributed by atoms with Crippen LogP contribution in [0.2, 0.25) is 5.02 Å². The number of hydrogen-bond acceptors (Lipinski definition) is 9. The summed E-state index contributed by atoms with van der Waals surface area (Å²) in [4.78, 5) is 26.5. The number of carbonyl (C=O) groups is 2. The molecule has 2 aromatic carbocycles. The van der Waals surface area contributed by atoms with Crippen LogP contribution in [0.4, 0.5) is 5.69 Å². The number of hydrogen-bond donors (Lipinski definition) is 3. The van der Waals surface area contributed by atoms with Gasteiger partial charge in [0.05, 0.1) is 24.8 Å². The Labute approximate surface area is 200 Å². The third-order valence-electron chi connectivity index (χ3n) is 5.90. The summed E-state index contributed by atoms with van der Waals surface area (Å²) in [5.74, 6) is -1.78. The topological polar surface area (TPSA) is 154 Å². The first-order chi connectivity index (χ1) is 15.9. The van der Waals surface area contributed by atoms with E-state index in [0.29, 0.717) is 5.70 Å². The van der Waals surface area contributed by atoms with Gasteiger partial charge in [0, 0.05) is 29.8 Å². The zero-order chi connectivity index (χ0) is 25.0. The Balaban J connectivity index is 1.69. The van der Waals surface area contributed by atoms with Crippen molar-refractivity contribution in [3.63, 3.8) is 0 Å². The van der Waals surface area contributed by atoms with E-state index in [1.54, 1.807) is 6.92 Å². The lowest BCUT2D eigenvalue weighted by Gasteiger charge is -2.35. The van der Waals surface area contributed by atoms with Gasteiger partial charge in [0.25, 0.3) is 0 Å². The van der Waals surface area contributed by atoms with E-state index in [4.69, 9.17) is 31.0 Å². The molecule has 2 unspecified atom stereocenters. The van der Waals surface area contributed by atoms with Gasteiger partial charge in [-0.05, 0) is 18.6 Å². The van der Waals surface area contributed by atoms with E-state index in [-0.39, 0.29) is 50.6 Å². The number of phenols is 1. The Hall–Kier alpha value is -3.28. The van der Waals surface area contributed by atoms with E-state index in [1.165, 1.54) is 38.5 Å². The molecule has 0 aromatic heterocycles. The number of halogens is 1. The summed E-state index contributed by atoms with van der Waals surface area (Å²) in [7, 11) is -1.21. The van der Waals surface area contributed by atoms with Gasteiger partial charge in [0.2, 0.25) is 27.2 Å². The summed E-state index contributed by atoms with van der Waals surface area (Å²) in [6.45, 7) is 1.68. The van der Waals surface area contributed by atoms with Crippen molar-refractivity contribution >= 4 is 38.9 Å². The molecular weight excluding hydrogens is 488 g/mol. The maximum absolute atomic E-state index is 13.5. The van der Waals surface area contributed by atoms with Gasteiger partial charge in [-0.3, -0.25) is 9.59 Å². The van der Waals surface area contributed by atoms with Crippen molar-refractivity contribution in [1.82, 2.24) is 0 Å². The zero-order valence-corrected chi connectivity index (χ0v) is 19.9. The quantitative estimate of drug-likeness (QED) is 0.408. The molecule has 34 heavy (non-hydrogen) atoms. The summed E-state index contributed by atoms with van der Waals surface area (Å²) in [5.41, 5.74) is -1.22. The van der Waals surface area contributed by atoms with Gasteiger partial charge in [-0.25, -0.2) is 13.6 Å². The SMILES string of the molecule is COc1cc(OC)c2c(c1Cl)OC1(C(=O)C=C(Nc3ccc(S(N)(=O)=O)cc3O)CC1C)C2=O. The first kappa shape index (κ1) is 23.9. The van der Waals surface area contributed by atoms with Gasteiger partial charge >= 0.3 is 0 Å². The van der Waals surface area contributed by atoms with Gasteiger partial charge in [-0.1, -0.05) is 18.5 Å². The molecule has 0 amide bonds. The van der Waals surface area contributed by atoms with Crippen LogP contribution in [-0.2, 0) is 14.8 Å². The van der Waals surface area contributed by atoms with E-state index in [0.717, 1.165) is 6.07 Å². The number of fused-ring (bicyclic) bond motifs is 1. The molecule has 12 heteroatoms. The smallest absolute Gasteiger partial charge is 0.238 e. The van der Waals surface area contributed by atoms with Crippen LogP contribution in [0, 0.1) is 5.92 Å². The van der Waals surface area contributed by atoms with Crippen LogP contribution in [0.3, 0.4) is 0 Å². The lowest BCUT2D eigenvalue weighted by atomic mass is 9.74. The zero-order valence-electron chi connectivity index (χ0n) is 18.3. The second-order valence-corrected chi connectivity index (χ2v) is 9.89. The van der Waals surface area contributed by atoms with E-state index < -0.39 is 33.1 Å². The van der Waals surface area contributed by atoms with Crippen LogP contribution < -0.4 is 24.7 Å². The van der Waals surface area contributed by atoms with Crippen LogP contribution in [0.5, 0.6) is 23.0 Å². The lowest BCUT2D eigenvalue weighted by molar-refractivity contribution is -0.129. The van der Waals surface area contributed by atoms with Gasteiger partial charge in [-0.2, -0.15) is 0 Å². The standard InChI is InChI=1S/C22H21ClN2O8S/c1-10-6-11(25-13-5-4-12(8-14(13)26)34(24,29)30)7-17(27)22(10)21(28)18-15(31-2)9-16(32-3)19(23)20(18)33-22/h4-5,7-10,25-26H,6H2,1-3H3,(H2,24,29,30). The molecule has 0 saturated heterocycles. The van der Waals surface area contributed by atoms with E-state index in [1.807, 2.05) is 0 Å². The largest absolute Gasteiger partial charge is 0.506 e. The number of sulfonamides is 1. The third kappa shape index (κ3) is 3.56. The fraction of sp³-hybridized carbons (Fsp3) is 0.273. The predicted octanol–water partition coefficient (Wildman–Crippen LogP) is 2.63. The minimum absolute atomic E-state index is 0.0177. The van der Waals surface area contributed by atoms with Crippen LogP contribution in [0.25, 0.3) is 0 Å². The second kappa shape index (κ2) is 8.19. The minimum Gasteiger partial charge on any atom is -0.506 e. The van der Waals surface area contributed by atoms with Crippen molar-refractivity contribution in [2.45, 2.75) is 23.8 Å². The number of primary sulfonamides is 1.